The third kappa shape index (κ3) is 1.79. The van der Waals surface area contributed by atoms with Gasteiger partial charge in [-0.2, -0.15) is 0 Å². The second kappa shape index (κ2) is 4.28. The highest BCUT2D eigenvalue weighted by molar-refractivity contribution is 5.99. The lowest BCUT2D eigenvalue weighted by atomic mass is 9.92. The van der Waals surface area contributed by atoms with Crippen molar-refractivity contribution in [3.8, 4) is 0 Å². The normalized spacial score (nSPS) is 24.4. The third-order valence-electron chi connectivity index (χ3n) is 3.21. The van der Waals surface area contributed by atoms with Crippen molar-refractivity contribution < 1.29 is 19.4 Å². The Bertz CT molecular complexity index is 607. The maximum absolute atomic E-state index is 12.1. The van der Waals surface area contributed by atoms with Crippen molar-refractivity contribution in [2.24, 2.45) is 5.92 Å². The number of carboxylic acid groups (broad SMARTS) is 1. The molecule has 0 aromatic rings. The minimum absolute atomic E-state index is 0.0225. The van der Waals surface area contributed by atoms with Crippen LogP contribution in [0.4, 0.5) is 0 Å². The largest absolute Gasteiger partial charge is 0.492 e. The molecule has 1 aliphatic carbocycles. The van der Waals surface area contributed by atoms with Crippen molar-refractivity contribution in [2.45, 2.75) is 0 Å². The lowest BCUT2D eigenvalue weighted by Gasteiger charge is -2.29. The summed E-state index contributed by atoms with van der Waals surface area (Å²) in [7, 11) is 0. The molecule has 5 heteroatoms. The number of fused-ring (bicyclic) bond motifs is 2. The van der Waals surface area contributed by atoms with E-state index in [0.717, 1.165) is 11.8 Å². The Kier molecular flexibility index (Phi) is 2.59. The molecule has 1 unspecified atom stereocenters. The number of carbonyl (C=O) groups is 2. The first kappa shape index (κ1) is 11.5. The topological polar surface area (TPSA) is 66.8 Å². The molecule has 3 aliphatic rings. The number of carboxylic acids is 1. The zero-order valence-electron chi connectivity index (χ0n) is 9.95. The number of carbonyl (C=O) groups excluding carboxylic acids is 1. The third-order valence-corrected chi connectivity index (χ3v) is 3.21. The van der Waals surface area contributed by atoms with Gasteiger partial charge < -0.3 is 9.84 Å². The minimum Gasteiger partial charge on any atom is -0.492 e. The Balaban J connectivity index is 2.17. The molecule has 2 aliphatic heterocycles. The Hall–Kier alpha value is -2.56. The molecule has 5 nitrogen and oxygen atoms in total. The van der Waals surface area contributed by atoms with E-state index in [0.29, 0.717) is 5.70 Å². The van der Waals surface area contributed by atoms with Crippen LogP contribution in [0.25, 0.3) is 0 Å². The molecule has 0 aromatic heterocycles. The van der Waals surface area contributed by atoms with Crippen molar-refractivity contribution in [1.29, 1.82) is 0 Å². The van der Waals surface area contributed by atoms with Crippen LogP contribution >= 0.6 is 0 Å². The maximum Gasteiger partial charge on any atom is 0.356 e. The highest BCUT2D eigenvalue weighted by atomic mass is 16.5. The number of aliphatic carboxylic acids is 1. The highest BCUT2D eigenvalue weighted by Crippen LogP contribution is 2.32. The van der Waals surface area contributed by atoms with Crippen molar-refractivity contribution in [1.82, 2.24) is 4.90 Å². The van der Waals surface area contributed by atoms with Gasteiger partial charge in [-0.05, 0) is 5.57 Å². The van der Waals surface area contributed by atoms with Gasteiger partial charge in [0.2, 0.25) is 0 Å². The molecular formula is C14H11NO4. The van der Waals surface area contributed by atoms with Gasteiger partial charge in [0.05, 0.1) is 5.70 Å². The fraction of sp³-hybridized carbons (Fsp3) is 0.143. The van der Waals surface area contributed by atoms with Gasteiger partial charge >= 0.3 is 5.97 Å². The summed E-state index contributed by atoms with van der Waals surface area (Å²) < 4.78 is 5.19. The van der Waals surface area contributed by atoms with E-state index < -0.39 is 5.97 Å². The maximum atomic E-state index is 12.1. The van der Waals surface area contributed by atoms with Gasteiger partial charge in [-0.3, -0.25) is 9.69 Å². The van der Waals surface area contributed by atoms with Crippen molar-refractivity contribution in [3.63, 3.8) is 0 Å². The molecule has 19 heavy (non-hydrogen) atoms. The van der Waals surface area contributed by atoms with Gasteiger partial charge in [0.25, 0.3) is 5.91 Å². The standard InChI is InChI=1S/C14H11NO4/c16-13-6-5-9-3-1-2-4-10(9)11-7-19-8-12(14(17)18)15(11)13/h1-6,8-9H,7H2,(H,17,18). The molecule has 96 valence electrons. The summed E-state index contributed by atoms with van der Waals surface area (Å²) in [5.41, 5.74) is 1.31. The smallest absolute Gasteiger partial charge is 0.356 e. The molecule has 3 rings (SSSR count). The summed E-state index contributed by atoms with van der Waals surface area (Å²) in [6.07, 6.45) is 11.9. The lowest BCUT2D eigenvalue weighted by molar-refractivity contribution is -0.138. The number of rotatable bonds is 1. The van der Waals surface area contributed by atoms with Gasteiger partial charge in [-0.25, -0.2) is 4.79 Å². The van der Waals surface area contributed by atoms with Crippen molar-refractivity contribution in [3.05, 3.63) is 59.7 Å². The van der Waals surface area contributed by atoms with Crippen LogP contribution in [0.5, 0.6) is 0 Å². The first-order chi connectivity index (χ1) is 9.18. The summed E-state index contributed by atoms with van der Waals surface area (Å²) in [6, 6.07) is 0. The summed E-state index contributed by atoms with van der Waals surface area (Å²) >= 11 is 0. The number of hydrogen-bond donors (Lipinski definition) is 1. The van der Waals surface area contributed by atoms with E-state index in [-0.39, 0.29) is 24.1 Å². The quantitative estimate of drug-likeness (QED) is 0.769. The predicted octanol–water partition coefficient (Wildman–Crippen LogP) is 1.34. The molecule has 0 bridgehead atoms. The Morgan fingerprint density at radius 2 is 2.16 bits per heavy atom. The first-order valence-electron chi connectivity index (χ1n) is 5.84. The predicted molar refractivity (Wildman–Crippen MR) is 66.5 cm³/mol. The van der Waals surface area contributed by atoms with E-state index in [9.17, 15) is 9.59 Å². The summed E-state index contributed by atoms with van der Waals surface area (Å²) in [5, 5.41) is 9.16. The summed E-state index contributed by atoms with van der Waals surface area (Å²) in [5.74, 6) is -1.57. The van der Waals surface area contributed by atoms with E-state index in [2.05, 4.69) is 0 Å². The molecule has 0 aromatic carbocycles. The Labute approximate surface area is 109 Å². The van der Waals surface area contributed by atoms with Gasteiger partial charge in [0.15, 0.2) is 5.70 Å². The van der Waals surface area contributed by atoms with E-state index in [4.69, 9.17) is 9.84 Å². The number of amides is 1. The summed E-state index contributed by atoms with van der Waals surface area (Å²) in [6.45, 7) is 0.189. The zero-order chi connectivity index (χ0) is 13.4. The molecule has 1 atom stereocenters. The molecule has 0 saturated carbocycles. The second-order valence-corrected chi connectivity index (χ2v) is 4.32. The Morgan fingerprint density at radius 3 is 2.95 bits per heavy atom. The lowest BCUT2D eigenvalue weighted by Crippen LogP contribution is -2.36. The zero-order valence-corrected chi connectivity index (χ0v) is 9.95. The van der Waals surface area contributed by atoms with Crippen LogP contribution < -0.4 is 0 Å². The van der Waals surface area contributed by atoms with Crippen LogP contribution in [0, 0.1) is 5.92 Å². The second-order valence-electron chi connectivity index (χ2n) is 4.32. The number of hydrogen-bond acceptors (Lipinski definition) is 3. The van der Waals surface area contributed by atoms with Gasteiger partial charge in [0, 0.05) is 12.0 Å². The van der Waals surface area contributed by atoms with Gasteiger partial charge in [-0.15, -0.1) is 0 Å². The number of allylic oxidation sites excluding steroid dienone is 6. The van der Waals surface area contributed by atoms with Gasteiger partial charge in [-0.1, -0.05) is 30.4 Å². The van der Waals surface area contributed by atoms with Crippen molar-refractivity contribution in [2.75, 3.05) is 6.61 Å². The molecule has 1 N–H and O–H groups in total. The molecule has 0 spiro atoms. The van der Waals surface area contributed by atoms with Crippen molar-refractivity contribution >= 4 is 11.9 Å². The fourth-order valence-corrected chi connectivity index (χ4v) is 2.35. The molecule has 0 radical (unpaired) electrons. The molecule has 0 saturated heterocycles. The monoisotopic (exact) mass is 257 g/mol. The molecule has 1 amide bonds. The SMILES string of the molecule is O=C(O)C1=COCC2=C3C=CC=CC3C=CC(=O)N12. The van der Waals surface area contributed by atoms with E-state index in [1.165, 1.54) is 11.0 Å². The molecule has 0 fully saturated rings. The fourth-order valence-electron chi connectivity index (χ4n) is 2.35. The number of ether oxygens (including phenoxy) is 1. The average molecular weight is 257 g/mol. The van der Waals surface area contributed by atoms with Crippen LogP contribution in [0.1, 0.15) is 0 Å². The summed E-state index contributed by atoms with van der Waals surface area (Å²) in [4.78, 5) is 24.5. The van der Waals surface area contributed by atoms with Gasteiger partial charge in [0.1, 0.15) is 12.9 Å². The van der Waals surface area contributed by atoms with Crippen LogP contribution in [0.15, 0.2) is 59.7 Å². The average Bonchev–Trinajstić information content (AvgIpc) is 2.57. The Morgan fingerprint density at radius 1 is 1.32 bits per heavy atom. The van der Waals surface area contributed by atoms with Crippen LogP contribution in [-0.4, -0.2) is 28.5 Å². The minimum atomic E-state index is -1.19. The highest BCUT2D eigenvalue weighted by Gasteiger charge is 2.33. The van der Waals surface area contributed by atoms with Crippen LogP contribution in [-0.2, 0) is 14.3 Å². The van der Waals surface area contributed by atoms with E-state index >= 15 is 0 Å². The van der Waals surface area contributed by atoms with Crippen LogP contribution in [0.3, 0.4) is 0 Å². The first-order valence-corrected chi connectivity index (χ1v) is 5.84. The van der Waals surface area contributed by atoms with E-state index in [1.807, 2.05) is 24.3 Å². The molecule has 2 heterocycles. The van der Waals surface area contributed by atoms with E-state index in [1.54, 1.807) is 6.08 Å². The van der Waals surface area contributed by atoms with Crippen LogP contribution in [0.2, 0.25) is 0 Å². The molecular weight excluding hydrogens is 246 g/mol. The number of nitrogens with zero attached hydrogens (tertiary/aromatic N) is 1.